The third kappa shape index (κ3) is 5.04. The SMILES string of the molecule is [CH2-]C(/C([CH2-])=C(\C)c1ccc(Br)cc1)=C(/C)c1ccc(Br)cc1.[Ni+2]. The van der Waals surface area contributed by atoms with Gasteiger partial charge in [0.25, 0.3) is 0 Å². The largest absolute Gasteiger partial charge is 2.00 e. The molecule has 0 radical (unpaired) electrons. The van der Waals surface area contributed by atoms with Gasteiger partial charge in [0, 0.05) is 8.95 Å². The molecule has 0 saturated carbocycles. The van der Waals surface area contributed by atoms with Crippen molar-refractivity contribution in [3.63, 3.8) is 0 Å². The van der Waals surface area contributed by atoms with Gasteiger partial charge in [0.15, 0.2) is 0 Å². The summed E-state index contributed by atoms with van der Waals surface area (Å²) in [7, 11) is 0. The quantitative estimate of drug-likeness (QED) is 0.251. The molecule has 0 saturated heterocycles. The number of halogens is 2. The van der Waals surface area contributed by atoms with Crippen LogP contribution in [0.2, 0.25) is 0 Å². The molecule has 0 spiro atoms. The van der Waals surface area contributed by atoms with Crippen molar-refractivity contribution in [1.82, 2.24) is 0 Å². The van der Waals surface area contributed by atoms with Crippen LogP contribution in [0.3, 0.4) is 0 Å². The van der Waals surface area contributed by atoms with Crippen LogP contribution in [0.15, 0.2) is 68.6 Å². The molecule has 0 aliphatic rings. The summed E-state index contributed by atoms with van der Waals surface area (Å²) < 4.78 is 2.15. The van der Waals surface area contributed by atoms with E-state index in [0.717, 1.165) is 42.4 Å². The molecule has 0 bridgehead atoms. The third-order valence-electron chi connectivity index (χ3n) is 3.82. The molecule has 0 nitrogen and oxygen atoms in total. The minimum atomic E-state index is 0. The van der Waals surface area contributed by atoms with Crippen LogP contribution in [-0.4, -0.2) is 0 Å². The zero-order chi connectivity index (χ0) is 16.3. The third-order valence-corrected chi connectivity index (χ3v) is 4.88. The number of allylic oxidation sites excluding steroid dienone is 4. The Morgan fingerprint density at radius 3 is 1.17 bits per heavy atom. The van der Waals surface area contributed by atoms with Gasteiger partial charge in [-0.05, 0) is 24.3 Å². The summed E-state index contributed by atoms with van der Waals surface area (Å²) in [5.74, 6) is 0. The van der Waals surface area contributed by atoms with E-state index in [1.807, 2.05) is 24.3 Å². The van der Waals surface area contributed by atoms with E-state index in [2.05, 4.69) is 83.8 Å². The first-order valence-electron chi connectivity index (χ1n) is 6.98. The maximum absolute atomic E-state index is 4.24. The fourth-order valence-electron chi connectivity index (χ4n) is 2.20. The van der Waals surface area contributed by atoms with E-state index in [0.29, 0.717) is 0 Å². The molecular formula is C20H18Br2Ni. The van der Waals surface area contributed by atoms with Crippen molar-refractivity contribution in [3.8, 4) is 0 Å². The number of hydrogen-bond donors (Lipinski definition) is 0. The summed E-state index contributed by atoms with van der Waals surface area (Å²) in [6.45, 7) is 12.7. The van der Waals surface area contributed by atoms with Crippen LogP contribution in [0.25, 0.3) is 11.1 Å². The van der Waals surface area contributed by atoms with Gasteiger partial charge in [0.2, 0.25) is 0 Å². The molecule has 0 aliphatic carbocycles. The van der Waals surface area contributed by atoms with Gasteiger partial charge in [-0.25, -0.2) is 0 Å². The minimum absolute atomic E-state index is 0. The molecule has 122 valence electrons. The Labute approximate surface area is 166 Å². The van der Waals surface area contributed by atoms with Gasteiger partial charge in [0.05, 0.1) is 0 Å². The Hall–Kier alpha value is -0.886. The first kappa shape index (κ1) is 20.2. The average molecular weight is 477 g/mol. The first-order valence-corrected chi connectivity index (χ1v) is 8.56. The molecule has 0 atom stereocenters. The van der Waals surface area contributed by atoms with Crippen molar-refractivity contribution in [2.75, 3.05) is 0 Å². The Balaban J connectivity index is 0.00000264. The van der Waals surface area contributed by atoms with Crippen LogP contribution >= 0.6 is 31.9 Å². The predicted molar refractivity (Wildman–Crippen MR) is 104 cm³/mol. The van der Waals surface area contributed by atoms with E-state index in [1.165, 1.54) is 0 Å². The van der Waals surface area contributed by atoms with Crippen molar-refractivity contribution in [1.29, 1.82) is 0 Å². The van der Waals surface area contributed by atoms with E-state index < -0.39 is 0 Å². The van der Waals surface area contributed by atoms with Crippen LogP contribution < -0.4 is 0 Å². The summed E-state index contributed by atoms with van der Waals surface area (Å²) in [6.07, 6.45) is 0. The van der Waals surface area contributed by atoms with Crippen molar-refractivity contribution in [2.24, 2.45) is 0 Å². The van der Waals surface area contributed by atoms with Gasteiger partial charge in [-0.3, -0.25) is 25.0 Å². The maximum Gasteiger partial charge on any atom is 2.00 e. The molecule has 23 heavy (non-hydrogen) atoms. The molecule has 0 heterocycles. The second-order valence-electron chi connectivity index (χ2n) is 5.22. The van der Waals surface area contributed by atoms with Gasteiger partial charge in [-0.2, -0.15) is 11.1 Å². The summed E-state index contributed by atoms with van der Waals surface area (Å²) in [5, 5.41) is 0. The van der Waals surface area contributed by atoms with Crippen LogP contribution in [-0.2, 0) is 16.5 Å². The number of hydrogen-bond acceptors (Lipinski definition) is 0. The van der Waals surface area contributed by atoms with Gasteiger partial charge in [-0.15, -0.1) is 0 Å². The van der Waals surface area contributed by atoms with Crippen LogP contribution in [0, 0.1) is 13.8 Å². The van der Waals surface area contributed by atoms with Crippen LogP contribution in [0.5, 0.6) is 0 Å². The first-order chi connectivity index (χ1) is 10.4. The molecule has 0 amide bonds. The molecule has 0 unspecified atom stereocenters. The van der Waals surface area contributed by atoms with Gasteiger partial charge in [0.1, 0.15) is 0 Å². The summed E-state index contributed by atoms with van der Waals surface area (Å²) in [4.78, 5) is 0. The molecule has 0 N–H and O–H groups in total. The zero-order valence-electron chi connectivity index (χ0n) is 13.1. The summed E-state index contributed by atoms with van der Waals surface area (Å²) in [5.41, 5.74) is 6.57. The van der Waals surface area contributed by atoms with Gasteiger partial charge in [-0.1, -0.05) is 81.1 Å². The average Bonchev–Trinajstić information content (AvgIpc) is 2.53. The van der Waals surface area contributed by atoms with Crippen molar-refractivity contribution in [2.45, 2.75) is 13.8 Å². The van der Waals surface area contributed by atoms with Crippen LogP contribution in [0.1, 0.15) is 25.0 Å². The Morgan fingerprint density at radius 1 is 0.652 bits per heavy atom. The van der Waals surface area contributed by atoms with Crippen molar-refractivity contribution in [3.05, 3.63) is 93.6 Å². The fraction of sp³-hybridized carbons (Fsp3) is 0.100. The number of rotatable bonds is 3. The maximum atomic E-state index is 4.24. The predicted octanol–water partition coefficient (Wildman–Crippen LogP) is 7.12. The second-order valence-corrected chi connectivity index (χ2v) is 7.05. The fourth-order valence-corrected chi connectivity index (χ4v) is 2.73. The summed E-state index contributed by atoms with van der Waals surface area (Å²) in [6, 6.07) is 16.5. The topological polar surface area (TPSA) is 0 Å². The van der Waals surface area contributed by atoms with Gasteiger partial charge >= 0.3 is 16.5 Å². The van der Waals surface area contributed by atoms with Gasteiger partial charge < -0.3 is 0 Å². The number of benzene rings is 2. The monoisotopic (exact) mass is 474 g/mol. The van der Waals surface area contributed by atoms with Crippen molar-refractivity contribution < 1.29 is 16.5 Å². The summed E-state index contributed by atoms with van der Waals surface area (Å²) >= 11 is 6.93. The molecule has 0 aliphatic heterocycles. The Morgan fingerprint density at radius 2 is 0.913 bits per heavy atom. The van der Waals surface area contributed by atoms with E-state index >= 15 is 0 Å². The van der Waals surface area contributed by atoms with E-state index in [4.69, 9.17) is 0 Å². The van der Waals surface area contributed by atoms with E-state index in [1.54, 1.807) is 0 Å². The molecular weight excluding hydrogens is 459 g/mol. The normalized spacial score (nSPS) is 12.9. The zero-order valence-corrected chi connectivity index (χ0v) is 17.3. The molecule has 2 rings (SSSR count). The molecule has 2 aromatic rings. The smallest absolute Gasteiger partial charge is 0.296 e. The van der Waals surface area contributed by atoms with E-state index in [-0.39, 0.29) is 16.5 Å². The Kier molecular flexibility index (Phi) is 7.73. The Bertz CT molecular complexity index is 658. The molecule has 0 fully saturated rings. The molecule has 2 aromatic carbocycles. The molecule has 0 aromatic heterocycles. The van der Waals surface area contributed by atoms with E-state index in [9.17, 15) is 0 Å². The molecule has 3 heteroatoms. The van der Waals surface area contributed by atoms with Crippen LogP contribution in [0.4, 0.5) is 0 Å². The second kappa shape index (κ2) is 8.82. The minimum Gasteiger partial charge on any atom is -0.296 e. The van der Waals surface area contributed by atoms with Crippen molar-refractivity contribution >= 4 is 43.0 Å². The standard InChI is InChI=1S/C20H18Br2.Ni/c1-13(15(3)17-5-9-19(21)10-6-17)14(2)16(4)18-7-11-20(22)12-8-18;/h5-12H,1-2H2,3-4H3;/q-2;+2/b15-13+,16-14+;.